The zero-order chi connectivity index (χ0) is 18.7. The predicted octanol–water partition coefficient (Wildman–Crippen LogP) is 4.60. The van der Waals surface area contributed by atoms with Crippen molar-refractivity contribution in [1.82, 2.24) is 4.98 Å². The summed E-state index contributed by atoms with van der Waals surface area (Å²) in [6, 6.07) is 9.23. The predicted molar refractivity (Wildman–Crippen MR) is 105 cm³/mol. The lowest BCUT2D eigenvalue weighted by atomic mass is 9.96. The fraction of sp³-hybridized carbons (Fsp3) is 0.150. The van der Waals surface area contributed by atoms with Crippen LogP contribution in [-0.2, 0) is 6.42 Å². The number of oxazole rings is 1. The number of H-pyrrole nitrogens is 1. The van der Waals surface area contributed by atoms with E-state index >= 15 is 0 Å². The van der Waals surface area contributed by atoms with Crippen LogP contribution in [0.3, 0.4) is 0 Å². The number of aromatic nitrogens is 1. The molecule has 1 N–H and O–H groups in total. The van der Waals surface area contributed by atoms with E-state index in [1.165, 1.54) is 0 Å². The van der Waals surface area contributed by atoms with Crippen LogP contribution in [-0.4, -0.2) is 16.4 Å². The summed E-state index contributed by atoms with van der Waals surface area (Å²) < 4.78 is 11.3. The molecule has 0 spiro atoms. The summed E-state index contributed by atoms with van der Waals surface area (Å²) in [5.74, 6) is 0.146. The van der Waals surface area contributed by atoms with Crippen molar-refractivity contribution in [2.75, 3.05) is 0 Å². The summed E-state index contributed by atoms with van der Waals surface area (Å²) in [6.07, 6.45) is 0.622. The number of nitrogens with one attached hydrogen (secondary N) is 1. The average molecular weight is 380 g/mol. The van der Waals surface area contributed by atoms with Crippen molar-refractivity contribution in [3.05, 3.63) is 68.4 Å². The Morgan fingerprint density at radius 2 is 1.93 bits per heavy atom. The number of aromatic amines is 1. The molecule has 0 radical (unpaired) electrons. The van der Waals surface area contributed by atoms with Crippen LogP contribution in [0.1, 0.15) is 29.4 Å². The standard InChI is InChI=1S/C20H14ClN3O3/c1-9-5-11-6-15-17(27-20(25)22-15)8-14(11)18(24-23-9)19-10(2)13-7-12(21)3-4-16(13)26-19/h3-4,6-8H,5H2,1-2H3,(H,22,25). The molecule has 0 amide bonds. The number of rotatable bonds is 1. The summed E-state index contributed by atoms with van der Waals surface area (Å²) >= 11 is 6.14. The van der Waals surface area contributed by atoms with Gasteiger partial charge in [-0.3, -0.25) is 4.98 Å². The van der Waals surface area contributed by atoms with Gasteiger partial charge in [0.25, 0.3) is 0 Å². The third-order valence-corrected chi connectivity index (χ3v) is 5.02. The highest BCUT2D eigenvalue weighted by molar-refractivity contribution is 6.31. The third-order valence-electron chi connectivity index (χ3n) is 4.78. The monoisotopic (exact) mass is 379 g/mol. The van der Waals surface area contributed by atoms with Crippen molar-refractivity contribution in [2.45, 2.75) is 20.3 Å². The largest absolute Gasteiger partial charge is 0.454 e. The van der Waals surface area contributed by atoms with Gasteiger partial charge in [-0.05, 0) is 49.7 Å². The van der Waals surface area contributed by atoms with E-state index in [2.05, 4.69) is 15.2 Å². The molecule has 4 aromatic rings. The van der Waals surface area contributed by atoms with Crippen LogP contribution in [0.15, 0.2) is 54.2 Å². The Kier molecular flexibility index (Phi) is 3.39. The lowest BCUT2D eigenvalue weighted by Crippen LogP contribution is -2.07. The molecule has 0 bridgehead atoms. The van der Waals surface area contributed by atoms with E-state index in [4.69, 9.17) is 20.4 Å². The number of hydrogen-bond donors (Lipinski definition) is 1. The molecule has 2 aromatic heterocycles. The molecule has 27 heavy (non-hydrogen) atoms. The van der Waals surface area contributed by atoms with Gasteiger partial charge < -0.3 is 8.83 Å². The van der Waals surface area contributed by atoms with E-state index in [1.807, 2.05) is 38.1 Å². The molecular weight excluding hydrogens is 366 g/mol. The number of hydrogen-bond acceptors (Lipinski definition) is 5. The lowest BCUT2D eigenvalue weighted by molar-refractivity contribution is 0.555. The number of nitrogens with zero attached hydrogens (tertiary/aromatic N) is 2. The van der Waals surface area contributed by atoms with Gasteiger partial charge in [0.1, 0.15) is 11.3 Å². The Balaban J connectivity index is 1.81. The van der Waals surface area contributed by atoms with Crippen molar-refractivity contribution < 1.29 is 8.83 Å². The molecule has 0 saturated heterocycles. The topological polar surface area (TPSA) is 83.9 Å². The zero-order valence-electron chi connectivity index (χ0n) is 14.6. The van der Waals surface area contributed by atoms with Crippen molar-refractivity contribution >= 4 is 45.1 Å². The molecular formula is C20H14ClN3O3. The SMILES string of the molecule is CC1=NN=C(c2oc3ccc(Cl)cc3c2C)c2cc3oc(=O)[nH]c3cc2C1. The Morgan fingerprint density at radius 1 is 1.07 bits per heavy atom. The van der Waals surface area contributed by atoms with E-state index in [9.17, 15) is 4.79 Å². The van der Waals surface area contributed by atoms with E-state index in [-0.39, 0.29) is 0 Å². The van der Waals surface area contributed by atoms with Crippen molar-refractivity contribution in [1.29, 1.82) is 0 Å². The molecule has 0 aliphatic carbocycles. The summed E-state index contributed by atoms with van der Waals surface area (Å²) in [7, 11) is 0. The maximum Gasteiger partial charge on any atom is 0.417 e. The molecule has 3 heterocycles. The van der Waals surface area contributed by atoms with Crippen LogP contribution in [0.2, 0.25) is 5.02 Å². The van der Waals surface area contributed by atoms with Crippen molar-refractivity contribution in [3.63, 3.8) is 0 Å². The smallest absolute Gasteiger partial charge is 0.417 e. The molecule has 0 fully saturated rings. The van der Waals surface area contributed by atoms with Crippen molar-refractivity contribution in [3.8, 4) is 0 Å². The third kappa shape index (κ3) is 2.52. The minimum absolute atomic E-state index is 0.475. The Morgan fingerprint density at radius 3 is 2.78 bits per heavy atom. The fourth-order valence-corrected chi connectivity index (χ4v) is 3.67. The molecule has 2 aromatic carbocycles. The normalized spacial score (nSPS) is 14.2. The van der Waals surface area contributed by atoms with E-state index in [0.29, 0.717) is 34.0 Å². The molecule has 1 aliphatic heterocycles. The van der Waals surface area contributed by atoms with Crippen molar-refractivity contribution in [2.24, 2.45) is 10.2 Å². The second-order valence-corrected chi connectivity index (χ2v) is 7.11. The van der Waals surface area contributed by atoms with Gasteiger partial charge in [0, 0.05) is 33.7 Å². The first kappa shape index (κ1) is 16.1. The van der Waals surface area contributed by atoms with Crippen LogP contribution in [0, 0.1) is 6.92 Å². The summed E-state index contributed by atoms with van der Waals surface area (Å²) in [6.45, 7) is 3.89. The Bertz CT molecular complexity index is 1350. The molecule has 5 rings (SSSR count). The van der Waals surface area contributed by atoms with Gasteiger partial charge in [0.15, 0.2) is 11.3 Å². The van der Waals surface area contributed by atoms with Gasteiger partial charge in [-0.25, -0.2) is 4.79 Å². The first-order chi connectivity index (χ1) is 13.0. The molecule has 0 saturated carbocycles. The molecule has 0 atom stereocenters. The lowest BCUT2D eigenvalue weighted by Gasteiger charge is -2.08. The van der Waals surface area contributed by atoms with Gasteiger partial charge >= 0.3 is 5.76 Å². The van der Waals surface area contributed by atoms with Crippen LogP contribution >= 0.6 is 11.6 Å². The number of furan rings is 1. The molecule has 134 valence electrons. The molecule has 1 aliphatic rings. The van der Waals surface area contributed by atoms with Gasteiger partial charge in [0.05, 0.1) is 5.52 Å². The van der Waals surface area contributed by atoms with E-state index < -0.39 is 5.76 Å². The van der Waals surface area contributed by atoms with E-state index in [0.717, 1.165) is 33.4 Å². The Hall–Kier alpha value is -3.12. The van der Waals surface area contributed by atoms with Gasteiger partial charge in [0.2, 0.25) is 0 Å². The van der Waals surface area contributed by atoms with Crippen LogP contribution < -0.4 is 5.76 Å². The molecule has 6 nitrogen and oxygen atoms in total. The van der Waals surface area contributed by atoms with Crippen LogP contribution in [0.25, 0.3) is 22.1 Å². The summed E-state index contributed by atoms with van der Waals surface area (Å²) in [5.41, 5.74) is 6.10. The minimum Gasteiger partial charge on any atom is -0.454 e. The number of fused-ring (bicyclic) bond motifs is 3. The second kappa shape index (κ2) is 5.69. The highest BCUT2D eigenvalue weighted by atomic mass is 35.5. The van der Waals surface area contributed by atoms with Crippen LogP contribution in [0.5, 0.6) is 0 Å². The molecule has 7 heteroatoms. The van der Waals surface area contributed by atoms with Gasteiger partial charge in [-0.1, -0.05) is 11.6 Å². The highest BCUT2D eigenvalue weighted by Gasteiger charge is 2.23. The minimum atomic E-state index is -0.483. The first-order valence-corrected chi connectivity index (χ1v) is 8.83. The number of aryl methyl sites for hydroxylation is 1. The average Bonchev–Trinajstić information content (AvgIpc) is 3.09. The highest BCUT2D eigenvalue weighted by Crippen LogP contribution is 2.32. The van der Waals surface area contributed by atoms with E-state index in [1.54, 1.807) is 6.07 Å². The maximum atomic E-state index is 11.6. The quantitative estimate of drug-likeness (QED) is 0.524. The summed E-state index contributed by atoms with van der Waals surface area (Å²) in [4.78, 5) is 14.3. The molecule has 0 unspecified atom stereocenters. The number of halogens is 1. The zero-order valence-corrected chi connectivity index (χ0v) is 15.3. The van der Waals surface area contributed by atoms with Gasteiger partial charge in [-0.15, -0.1) is 5.10 Å². The maximum absolute atomic E-state index is 11.6. The first-order valence-electron chi connectivity index (χ1n) is 8.46. The Labute approximate surface area is 158 Å². The second-order valence-electron chi connectivity index (χ2n) is 6.68. The summed E-state index contributed by atoms with van der Waals surface area (Å²) in [5, 5.41) is 10.4. The van der Waals surface area contributed by atoms with Crippen LogP contribution in [0.4, 0.5) is 0 Å². The number of benzene rings is 2. The fourth-order valence-electron chi connectivity index (χ4n) is 3.50. The van der Waals surface area contributed by atoms with Gasteiger partial charge in [-0.2, -0.15) is 5.10 Å².